The van der Waals surface area contributed by atoms with Crippen LogP contribution in [-0.2, 0) is 14.8 Å². The predicted octanol–water partition coefficient (Wildman–Crippen LogP) is 5.38. The molecule has 0 radical (unpaired) electrons. The third-order valence-electron chi connectivity index (χ3n) is 6.49. The molecule has 2 atom stereocenters. The summed E-state index contributed by atoms with van der Waals surface area (Å²) in [5, 5.41) is 0.696. The Morgan fingerprint density at radius 1 is 1.00 bits per heavy atom. The molecule has 1 N–H and O–H groups in total. The molecule has 0 aliphatic heterocycles. The zero-order valence-corrected chi connectivity index (χ0v) is 22.0. The molecule has 4 rings (SSSR count). The van der Waals surface area contributed by atoms with Crippen LogP contribution in [0.2, 0.25) is 0 Å². The van der Waals surface area contributed by atoms with Crippen LogP contribution in [-0.4, -0.2) is 20.4 Å². The highest BCUT2D eigenvalue weighted by Gasteiger charge is 2.32. The molecule has 1 heterocycles. The van der Waals surface area contributed by atoms with Crippen molar-refractivity contribution in [1.29, 1.82) is 0 Å². The Balaban J connectivity index is 1.68. The summed E-state index contributed by atoms with van der Waals surface area (Å²) in [6, 6.07) is 19.5. The van der Waals surface area contributed by atoms with Crippen molar-refractivity contribution in [2.45, 2.75) is 45.1 Å². The van der Waals surface area contributed by atoms with Crippen LogP contribution in [0.15, 0.2) is 86.9 Å². The fraction of sp³-hybridized carbons (Fsp3) is 0.241. The first-order valence-corrected chi connectivity index (χ1v) is 13.5. The number of fused-ring (bicyclic) bond motifs is 1. The number of esters is 1. The van der Waals surface area contributed by atoms with Crippen molar-refractivity contribution in [3.63, 3.8) is 0 Å². The van der Waals surface area contributed by atoms with Gasteiger partial charge in [0.1, 0.15) is 17.4 Å². The summed E-state index contributed by atoms with van der Waals surface area (Å²) in [7, 11) is -3.97. The van der Waals surface area contributed by atoms with Crippen LogP contribution in [0.5, 0.6) is 5.75 Å². The number of sulfonamides is 1. The molecule has 0 aliphatic carbocycles. The van der Waals surface area contributed by atoms with E-state index in [-0.39, 0.29) is 16.6 Å². The molecule has 192 valence electrons. The van der Waals surface area contributed by atoms with E-state index in [2.05, 4.69) is 4.72 Å². The lowest BCUT2D eigenvalue weighted by Gasteiger charge is -2.23. The summed E-state index contributed by atoms with van der Waals surface area (Å²) in [6.07, 6.45) is 0.544. The van der Waals surface area contributed by atoms with Crippen LogP contribution >= 0.6 is 0 Å². The normalized spacial score (nSPS) is 13.3. The van der Waals surface area contributed by atoms with Gasteiger partial charge in [-0.05, 0) is 55.2 Å². The van der Waals surface area contributed by atoms with Crippen molar-refractivity contribution in [2.24, 2.45) is 5.92 Å². The zero-order chi connectivity index (χ0) is 26.7. The highest BCUT2D eigenvalue weighted by atomic mass is 32.2. The third-order valence-corrected chi connectivity index (χ3v) is 7.94. The second-order valence-corrected chi connectivity index (χ2v) is 10.8. The number of nitrogens with one attached hydrogen (secondary N) is 1. The topological polar surface area (TPSA) is 103 Å². The fourth-order valence-corrected chi connectivity index (χ4v) is 5.36. The first-order valence-electron chi connectivity index (χ1n) is 12.0. The van der Waals surface area contributed by atoms with Gasteiger partial charge < -0.3 is 9.15 Å². The maximum absolute atomic E-state index is 13.3. The summed E-state index contributed by atoms with van der Waals surface area (Å²) < 4.78 is 39.7. The second-order valence-electron chi connectivity index (χ2n) is 9.13. The van der Waals surface area contributed by atoms with Crippen molar-refractivity contribution in [2.75, 3.05) is 0 Å². The van der Waals surface area contributed by atoms with Crippen LogP contribution in [0.1, 0.15) is 31.4 Å². The highest BCUT2D eigenvalue weighted by molar-refractivity contribution is 7.89. The van der Waals surface area contributed by atoms with Crippen LogP contribution in [0.25, 0.3) is 22.1 Å². The smallest absolute Gasteiger partial charge is 0.336 e. The van der Waals surface area contributed by atoms with Crippen LogP contribution in [0, 0.1) is 19.8 Å². The molecule has 2 unspecified atom stereocenters. The Labute approximate surface area is 216 Å². The standard InChI is InChI=1S/C29H29NO6S/c1-5-19(3)27(30-37(33,34)22-13-11-18(2)12-14-22)29(32)35-25-16-15-23-24(21-9-7-6-8-10-21)17-26(31)36-28(23)20(25)4/h6-17,19,27,30H,5H2,1-4H3. The Morgan fingerprint density at radius 3 is 2.32 bits per heavy atom. The number of carbonyl (C=O) groups excluding carboxylic acids is 1. The molecule has 4 aromatic rings. The number of hydrogen-bond acceptors (Lipinski definition) is 6. The highest BCUT2D eigenvalue weighted by Crippen LogP contribution is 2.33. The maximum atomic E-state index is 13.3. The minimum Gasteiger partial charge on any atom is -0.425 e. The molecule has 0 amide bonds. The van der Waals surface area contributed by atoms with Gasteiger partial charge in [0.15, 0.2) is 0 Å². The largest absolute Gasteiger partial charge is 0.425 e. The van der Waals surface area contributed by atoms with E-state index in [1.165, 1.54) is 18.2 Å². The lowest BCUT2D eigenvalue weighted by atomic mass is 9.99. The van der Waals surface area contributed by atoms with Gasteiger partial charge in [-0.2, -0.15) is 4.72 Å². The maximum Gasteiger partial charge on any atom is 0.336 e. The number of hydrogen-bond donors (Lipinski definition) is 1. The second kappa shape index (κ2) is 10.7. The van der Waals surface area contributed by atoms with Gasteiger partial charge in [-0.25, -0.2) is 18.0 Å². The van der Waals surface area contributed by atoms with Crippen LogP contribution in [0.3, 0.4) is 0 Å². The third kappa shape index (κ3) is 5.65. The summed E-state index contributed by atoms with van der Waals surface area (Å²) >= 11 is 0. The van der Waals surface area contributed by atoms with E-state index in [0.717, 1.165) is 11.1 Å². The molecule has 0 fully saturated rings. The molecule has 0 spiro atoms. The number of benzene rings is 3. The minimum atomic E-state index is -3.97. The summed E-state index contributed by atoms with van der Waals surface area (Å²) in [5.41, 5.74) is 2.72. The Morgan fingerprint density at radius 2 is 1.68 bits per heavy atom. The average molecular weight is 520 g/mol. The monoisotopic (exact) mass is 519 g/mol. The lowest BCUT2D eigenvalue weighted by molar-refractivity contribution is -0.137. The van der Waals surface area contributed by atoms with Gasteiger partial charge in [0.25, 0.3) is 0 Å². The van der Waals surface area contributed by atoms with E-state index in [0.29, 0.717) is 28.5 Å². The minimum absolute atomic E-state index is 0.0660. The summed E-state index contributed by atoms with van der Waals surface area (Å²) in [5.74, 6) is -0.890. The van der Waals surface area contributed by atoms with E-state index in [9.17, 15) is 18.0 Å². The van der Waals surface area contributed by atoms with Crippen LogP contribution < -0.4 is 15.1 Å². The molecule has 0 saturated carbocycles. The predicted molar refractivity (Wildman–Crippen MR) is 143 cm³/mol. The molecule has 3 aromatic carbocycles. The Hall–Kier alpha value is -3.75. The number of carbonyl (C=O) groups is 1. The molecule has 8 heteroatoms. The summed E-state index contributed by atoms with van der Waals surface area (Å²) in [4.78, 5) is 25.7. The first-order chi connectivity index (χ1) is 17.6. The molecule has 0 saturated heterocycles. The van der Waals surface area contributed by atoms with Gasteiger partial charge in [0.2, 0.25) is 10.0 Å². The van der Waals surface area contributed by atoms with Gasteiger partial charge in [-0.15, -0.1) is 0 Å². The average Bonchev–Trinajstić information content (AvgIpc) is 2.89. The number of rotatable bonds is 8. The Kier molecular flexibility index (Phi) is 7.61. The van der Waals surface area contributed by atoms with E-state index in [1.54, 1.807) is 38.1 Å². The van der Waals surface area contributed by atoms with Crippen molar-refractivity contribution < 1.29 is 22.4 Å². The fourth-order valence-electron chi connectivity index (χ4n) is 4.07. The van der Waals surface area contributed by atoms with Gasteiger partial charge in [-0.1, -0.05) is 68.3 Å². The molecular weight excluding hydrogens is 490 g/mol. The van der Waals surface area contributed by atoms with Gasteiger partial charge in [-0.3, -0.25) is 0 Å². The first kappa shape index (κ1) is 26.3. The quantitative estimate of drug-likeness (QED) is 0.191. The van der Waals surface area contributed by atoms with Crippen LogP contribution in [0.4, 0.5) is 0 Å². The number of ether oxygens (including phenoxy) is 1. The van der Waals surface area contributed by atoms with E-state index in [1.807, 2.05) is 44.2 Å². The van der Waals surface area contributed by atoms with Crippen molar-refractivity contribution >= 4 is 27.0 Å². The Bertz CT molecular complexity index is 1590. The number of aryl methyl sites for hydroxylation is 2. The molecule has 7 nitrogen and oxygen atoms in total. The van der Waals surface area contributed by atoms with Gasteiger partial charge in [0.05, 0.1) is 4.90 Å². The molecular formula is C29H29NO6S. The van der Waals surface area contributed by atoms with Crippen molar-refractivity contribution in [3.8, 4) is 16.9 Å². The SMILES string of the molecule is CCC(C)C(NS(=O)(=O)c1ccc(C)cc1)C(=O)Oc1ccc2c(-c3ccccc3)cc(=O)oc2c1C. The molecule has 0 bridgehead atoms. The van der Waals surface area contributed by atoms with E-state index >= 15 is 0 Å². The van der Waals surface area contributed by atoms with Crippen molar-refractivity contribution in [3.05, 3.63) is 94.3 Å². The molecule has 1 aromatic heterocycles. The zero-order valence-electron chi connectivity index (χ0n) is 21.1. The van der Waals surface area contributed by atoms with Gasteiger partial charge in [0, 0.05) is 17.0 Å². The summed E-state index contributed by atoms with van der Waals surface area (Å²) in [6.45, 7) is 7.20. The molecule has 37 heavy (non-hydrogen) atoms. The lowest BCUT2D eigenvalue weighted by Crippen LogP contribution is -2.47. The van der Waals surface area contributed by atoms with Gasteiger partial charge >= 0.3 is 11.6 Å². The van der Waals surface area contributed by atoms with E-state index in [4.69, 9.17) is 9.15 Å². The molecule has 0 aliphatic rings. The van der Waals surface area contributed by atoms with E-state index < -0.39 is 27.7 Å². The van der Waals surface area contributed by atoms with Crippen molar-refractivity contribution in [1.82, 2.24) is 4.72 Å².